The second-order valence-electron chi connectivity index (χ2n) is 3.55. The molecule has 0 aromatic heterocycles. The number of phenols is 1. The number of rotatable bonds is 4. The van der Waals surface area contributed by atoms with Crippen molar-refractivity contribution < 1.29 is 24.1 Å². The van der Waals surface area contributed by atoms with Crippen molar-refractivity contribution in [1.29, 1.82) is 0 Å². The Morgan fingerprint density at radius 1 is 1.56 bits per heavy atom. The summed E-state index contributed by atoms with van der Waals surface area (Å²) in [6.07, 6.45) is 0.0185. The molecule has 0 amide bonds. The number of hydrogen-bond acceptors (Lipinski definition) is 3. The van der Waals surface area contributed by atoms with Gasteiger partial charge in [-0.25, -0.2) is 4.39 Å². The standard InChI is InChI=1S/C11H13FO4/c1-6(11(14)15)3-8-9(12)4-7(13)5-10(8)16-2/h4-6,13H,3H2,1-2H3,(H,14,15). The van der Waals surface area contributed by atoms with Gasteiger partial charge in [0, 0.05) is 17.7 Å². The number of carboxylic acids is 1. The van der Waals surface area contributed by atoms with E-state index >= 15 is 0 Å². The average molecular weight is 228 g/mol. The van der Waals surface area contributed by atoms with Gasteiger partial charge >= 0.3 is 5.97 Å². The Balaban J connectivity index is 3.07. The van der Waals surface area contributed by atoms with Crippen molar-refractivity contribution in [2.24, 2.45) is 5.92 Å². The van der Waals surface area contributed by atoms with Gasteiger partial charge in [0.25, 0.3) is 0 Å². The van der Waals surface area contributed by atoms with E-state index < -0.39 is 17.7 Å². The molecule has 1 aromatic rings. The van der Waals surface area contributed by atoms with Crippen LogP contribution < -0.4 is 4.74 Å². The zero-order valence-electron chi connectivity index (χ0n) is 9.03. The fourth-order valence-corrected chi connectivity index (χ4v) is 1.37. The van der Waals surface area contributed by atoms with E-state index in [0.717, 1.165) is 6.07 Å². The second kappa shape index (κ2) is 4.83. The molecule has 1 aromatic carbocycles. The lowest BCUT2D eigenvalue weighted by Gasteiger charge is -2.12. The summed E-state index contributed by atoms with van der Waals surface area (Å²) in [6.45, 7) is 1.48. The minimum atomic E-state index is -1.01. The van der Waals surface area contributed by atoms with Crippen LogP contribution in [0.2, 0.25) is 0 Å². The first-order chi connectivity index (χ1) is 7.45. The molecule has 0 radical (unpaired) electrons. The molecule has 0 saturated carbocycles. The molecule has 0 saturated heterocycles. The van der Waals surface area contributed by atoms with E-state index in [4.69, 9.17) is 14.9 Å². The Kier molecular flexibility index (Phi) is 3.71. The van der Waals surface area contributed by atoms with E-state index in [0.29, 0.717) is 0 Å². The predicted octanol–water partition coefficient (Wildman–Crippen LogP) is 1.80. The SMILES string of the molecule is COc1cc(O)cc(F)c1CC(C)C(=O)O. The van der Waals surface area contributed by atoms with Gasteiger partial charge in [-0.2, -0.15) is 0 Å². The molecule has 0 aliphatic heterocycles. The van der Waals surface area contributed by atoms with Crippen molar-refractivity contribution in [2.75, 3.05) is 7.11 Å². The Bertz CT molecular complexity index is 403. The molecule has 0 spiro atoms. The first-order valence-corrected chi connectivity index (χ1v) is 4.74. The normalized spacial score (nSPS) is 12.2. The van der Waals surface area contributed by atoms with E-state index in [1.54, 1.807) is 0 Å². The molecule has 5 heteroatoms. The highest BCUT2D eigenvalue weighted by atomic mass is 19.1. The number of carbonyl (C=O) groups is 1. The quantitative estimate of drug-likeness (QED) is 0.824. The molecule has 0 heterocycles. The van der Waals surface area contributed by atoms with Crippen LogP contribution in [0.5, 0.6) is 11.5 Å². The summed E-state index contributed by atoms with van der Waals surface area (Å²) in [6, 6.07) is 2.19. The first-order valence-electron chi connectivity index (χ1n) is 4.74. The molecule has 0 aliphatic rings. The average Bonchev–Trinajstić information content (AvgIpc) is 2.21. The third-order valence-corrected chi connectivity index (χ3v) is 2.29. The Hall–Kier alpha value is -1.78. The second-order valence-corrected chi connectivity index (χ2v) is 3.55. The number of hydrogen-bond donors (Lipinski definition) is 2. The zero-order chi connectivity index (χ0) is 12.3. The molecule has 2 N–H and O–H groups in total. The maximum atomic E-state index is 13.5. The molecule has 0 fully saturated rings. The Labute approximate surface area is 92.3 Å². The zero-order valence-corrected chi connectivity index (χ0v) is 9.03. The highest BCUT2D eigenvalue weighted by Gasteiger charge is 2.18. The number of aromatic hydroxyl groups is 1. The van der Waals surface area contributed by atoms with Crippen LogP contribution >= 0.6 is 0 Å². The van der Waals surface area contributed by atoms with Crippen molar-refractivity contribution in [3.05, 3.63) is 23.5 Å². The van der Waals surface area contributed by atoms with Gasteiger partial charge in [0.1, 0.15) is 17.3 Å². The molecule has 1 atom stereocenters. The predicted molar refractivity (Wildman–Crippen MR) is 55.1 cm³/mol. The maximum absolute atomic E-state index is 13.5. The minimum Gasteiger partial charge on any atom is -0.508 e. The third kappa shape index (κ3) is 2.62. The number of halogens is 1. The first kappa shape index (κ1) is 12.3. The van der Waals surface area contributed by atoms with Gasteiger partial charge in [-0.15, -0.1) is 0 Å². The number of phenolic OH excluding ortho intramolecular Hbond substituents is 1. The number of benzene rings is 1. The van der Waals surface area contributed by atoms with Crippen LogP contribution in [0, 0.1) is 11.7 Å². The molecule has 88 valence electrons. The van der Waals surface area contributed by atoms with Gasteiger partial charge in [-0.3, -0.25) is 4.79 Å². The molecule has 1 rings (SSSR count). The molecule has 0 aliphatic carbocycles. The lowest BCUT2D eigenvalue weighted by atomic mass is 10.00. The van der Waals surface area contributed by atoms with Gasteiger partial charge in [0.05, 0.1) is 13.0 Å². The summed E-state index contributed by atoms with van der Waals surface area (Å²) in [5.74, 6) is -2.47. The highest BCUT2D eigenvalue weighted by molar-refractivity contribution is 5.70. The van der Waals surface area contributed by atoms with Crippen LogP contribution in [0.15, 0.2) is 12.1 Å². The number of aliphatic carboxylic acids is 1. The van der Waals surface area contributed by atoms with Crippen LogP contribution in [-0.2, 0) is 11.2 Å². The molecular formula is C11H13FO4. The summed E-state index contributed by atoms with van der Waals surface area (Å²) in [4.78, 5) is 10.7. The van der Waals surface area contributed by atoms with E-state index in [1.165, 1.54) is 20.1 Å². The van der Waals surface area contributed by atoms with E-state index in [2.05, 4.69) is 0 Å². The Morgan fingerprint density at radius 2 is 2.19 bits per heavy atom. The topological polar surface area (TPSA) is 66.8 Å². The van der Waals surface area contributed by atoms with Crippen LogP contribution in [0.1, 0.15) is 12.5 Å². The van der Waals surface area contributed by atoms with Crippen LogP contribution in [0.3, 0.4) is 0 Å². The van der Waals surface area contributed by atoms with Crippen LogP contribution in [0.25, 0.3) is 0 Å². The van der Waals surface area contributed by atoms with Crippen molar-refractivity contribution in [3.8, 4) is 11.5 Å². The highest BCUT2D eigenvalue weighted by Crippen LogP contribution is 2.29. The third-order valence-electron chi connectivity index (χ3n) is 2.29. The molecule has 1 unspecified atom stereocenters. The van der Waals surface area contributed by atoms with E-state index in [-0.39, 0.29) is 23.5 Å². The van der Waals surface area contributed by atoms with Gasteiger partial charge in [0.2, 0.25) is 0 Å². The summed E-state index contributed by atoms with van der Waals surface area (Å²) in [7, 11) is 1.34. The van der Waals surface area contributed by atoms with Gasteiger partial charge < -0.3 is 14.9 Å². The number of carboxylic acid groups (broad SMARTS) is 1. The molecule has 16 heavy (non-hydrogen) atoms. The smallest absolute Gasteiger partial charge is 0.306 e. The lowest BCUT2D eigenvalue weighted by Crippen LogP contribution is -2.13. The summed E-state index contributed by atoms with van der Waals surface area (Å²) in [5.41, 5.74) is 0.162. The number of methoxy groups -OCH3 is 1. The molecule has 0 bridgehead atoms. The maximum Gasteiger partial charge on any atom is 0.306 e. The van der Waals surface area contributed by atoms with Crippen molar-refractivity contribution in [2.45, 2.75) is 13.3 Å². The molecular weight excluding hydrogens is 215 g/mol. The van der Waals surface area contributed by atoms with Crippen molar-refractivity contribution in [1.82, 2.24) is 0 Å². The fraction of sp³-hybridized carbons (Fsp3) is 0.364. The van der Waals surface area contributed by atoms with E-state index in [1.807, 2.05) is 0 Å². The lowest BCUT2D eigenvalue weighted by molar-refractivity contribution is -0.141. The minimum absolute atomic E-state index is 0.0185. The largest absolute Gasteiger partial charge is 0.508 e. The fourth-order valence-electron chi connectivity index (χ4n) is 1.37. The summed E-state index contributed by atoms with van der Waals surface area (Å²) >= 11 is 0. The van der Waals surface area contributed by atoms with Crippen LogP contribution in [0.4, 0.5) is 4.39 Å². The van der Waals surface area contributed by atoms with Gasteiger partial charge in [-0.05, 0) is 6.42 Å². The van der Waals surface area contributed by atoms with Crippen LogP contribution in [-0.4, -0.2) is 23.3 Å². The van der Waals surface area contributed by atoms with Crippen molar-refractivity contribution in [3.63, 3.8) is 0 Å². The monoisotopic (exact) mass is 228 g/mol. The van der Waals surface area contributed by atoms with Crippen molar-refractivity contribution >= 4 is 5.97 Å². The number of ether oxygens (including phenoxy) is 1. The summed E-state index contributed by atoms with van der Waals surface area (Å²) < 4.78 is 18.4. The van der Waals surface area contributed by atoms with Gasteiger partial charge in [-0.1, -0.05) is 6.92 Å². The van der Waals surface area contributed by atoms with E-state index in [9.17, 15) is 9.18 Å². The van der Waals surface area contributed by atoms with Gasteiger partial charge in [0.15, 0.2) is 0 Å². The Morgan fingerprint density at radius 3 is 2.69 bits per heavy atom. The molecule has 4 nitrogen and oxygen atoms in total. The summed E-state index contributed by atoms with van der Waals surface area (Å²) in [5, 5.41) is 17.9.